The number of hydrogen-bond acceptors (Lipinski definition) is 9. The molecule has 5 atom stereocenters. The molecule has 11 nitrogen and oxygen atoms in total. The van der Waals surface area contributed by atoms with Gasteiger partial charge in [0.15, 0.2) is 6.23 Å². The number of aliphatic hydroxyl groups is 2. The Bertz CT molecular complexity index is 616. The van der Waals surface area contributed by atoms with Crippen molar-refractivity contribution in [3.63, 3.8) is 0 Å². The molecule has 5 N–H and O–H groups in total. The molecule has 2 saturated heterocycles. The van der Waals surface area contributed by atoms with Gasteiger partial charge < -0.3 is 30.7 Å². The van der Waals surface area contributed by atoms with Gasteiger partial charge in [0.1, 0.15) is 37.3 Å². The van der Waals surface area contributed by atoms with Crippen LogP contribution in [0.15, 0.2) is 6.33 Å². The Hall–Kier alpha value is -2.08. The van der Waals surface area contributed by atoms with Crippen LogP contribution in [0.5, 0.6) is 0 Å². The Labute approximate surface area is 136 Å². The minimum Gasteiger partial charge on any atom is -0.462 e. The van der Waals surface area contributed by atoms with Crippen molar-refractivity contribution in [3.05, 3.63) is 12.2 Å². The summed E-state index contributed by atoms with van der Waals surface area (Å²) in [6.07, 6.45) is -1.81. The number of nitrogens with one attached hydrogen (secondary N) is 1. The summed E-state index contributed by atoms with van der Waals surface area (Å²) in [7, 11) is 0. The van der Waals surface area contributed by atoms with Crippen molar-refractivity contribution in [3.8, 4) is 0 Å². The quantitative estimate of drug-likeness (QED) is 0.417. The van der Waals surface area contributed by atoms with Gasteiger partial charge in [-0.3, -0.25) is 9.59 Å². The van der Waals surface area contributed by atoms with Crippen molar-refractivity contribution in [2.45, 2.75) is 43.4 Å². The molecule has 0 unspecified atom stereocenters. The number of primary amides is 1. The van der Waals surface area contributed by atoms with E-state index in [2.05, 4.69) is 15.4 Å². The van der Waals surface area contributed by atoms with Crippen molar-refractivity contribution in [2.24, 2.45) is 5.73 Å². The number of carbonyl (C=O) groups excluding carboxylic acids is 2. The molecule has 0 aromatic carbocycles. The van der Waals surface area contributed by atoms with E-state index in [1.165, 1.54) is 0 Å². The maximum Gasteiger partial charge on any atom is 0.323 e. The van der Waals surface area contributed by atoms with E-state index in [0.717, 1.165) is 24.0 Å². The molecular weight excluding hydrogens is 322 g/mol. The molecule has 2 aliphatic heterocycles. The number of ether oxygens (including phenoxy) is 2. The zero-order valence-electron chi connectivity index (χ0n) is 12.7. The average Bonchev–Trinajstić information content (AvgIpc) is 3.28. The van der Waals surface area contributed by atoms with Gasteiger partial charge >= 0.3 is 5.97 Å². The monoisotopic (exact) mass is 341 g/mol. The summed E-state index contributed by atoms with van der Waals surface area (Å²) in [4.78, 5) is 26.5. The summed E-state index contributed by atoms with van der Waals surface area (Å²) in [6.45, 7) is 0.556. The number of aromatic nitrogens is 3. The lowest BCUT2D eigenvalue weighted by atomic mass is 10.1. The third-order valence-corrected chi connectivity index (χ3v) is 4.06. The van der Waals surface area contributed by atoms with Crippen LogP contribution in [0.4, 0.5) is 0 Å². The van der Waals surface area contributed by atoms with E-state index in [1.807, 2.05) is 0 Å². The third kappa shape index (κ3) is 3.24. The van der Waals surface area contributed by atoms with Crippen molar-refractivity contribution < 1.29 is 29.3 Å². The van der Waals surface area contributed by atoms with Gasteiger partial charge in [-0.25, -0.2) is 9.67 Å². The van der Waals surface area contributed by atoms with Crippen LogP contribution in [-0.4, -0.2) is 74.4 Å². The van der Waals surface area contributed by atoms with E-state index in [4.69, 9.17) is 15.2 Å². The molecule has 0 spiro atoms. The molecule has 0 saturated carbocycles. The molecule has 0 aliphatic carbocycles. The predicted octanol–water partition coefficient (Wildman–Crippen LogP) is -2.71. The van der Waals surface area contributed by atoms with Crippen LogP contribution in [0, 0.1) is 0 Å². The normalized spacial score (nSPS) is 32.8. The van der Waals surface area contributed by atoms with Crippen LogP contribution < -0.4 is 11.1 Å². The maximum absolute atomic E-state index is 11.9. The molecule has 2 fully saturated rings. The topological polar surface area (TPSA) is 162 Å². The van der Waals surface area contributed by atoms with Gasteiger partial charge in [-0.2, -0.15) is 0 Å². The van der Waals surface area contributed by atoms with Gasteiger partial charge in [0.25, 0.3) is 5.91 Å². The number of rotatable bonds is 5. The Morgan fingerprint density at radius 2 is 2.25 bits per heavy atom. The van der Waals surface area contributed by atoms with Crippen molar-refractivity contribution >= 4 is 11.9 Å². The van der Waals surface area contributed by atoms with Crippen molar-refractivity contribution in [1.29, 1.82) is 0 Å². The third-order valence-electron chi connectivity index (χ3n) is 4.06. The molecule has 2 aliphatic rings. The lowest BCUT2D eigenvalue weighted by Gasteiger charge is -2.16. The lowest BCUT2D eigenvalue weighted by molar-refractivity contribution is -0.152. The van der Waals surface area contributed by atoms with Crippen LogP contribution >= 0.6 is 0 Å². The fourth-order valence-electron chi connectivity index (χ4n) is 2.75. The van der Waals surface area contributed by atoms with E-state index in [-0.39, 0.29) is 18.5 Å². The van der Waals surface area contributed by atoms with E-state index < -0.39 is 36.4 Å². The fraction of sp³-hybridized carbons (Fsp3) is 0.692. The first-order valence-corrected chi connectivity index (χ1v) is 7.60. The second-order valence-electron chi connectivity index (χ2n) is 5.74. The molecule has 3 heterocycles. The summed E-state index contributed by atoms with van der Waals surface area (Å²) in [5, 5.41) is 26.9. The van der Waals surface area contributed by atoms with E-state index in [9.17, 15) is 19.8 Å². The highest BCUT2D eigenvalue weighted by Crippen LogP contribution is 2.29. The van der Waals surface area contributed by atoms with Gasteiger partial charge in [0, 0.05) is 0 Å². The number of amides is 1. The molecule has 1 aromatic heterocycles. The lowest BCUT2D eigenvalue weighted by Crippen LogP contribution is -2.37. The Balaban J connectivity index is 1.59. The molecule has 3 rings (SSSR count). The summed E-state index contributed by atoms with van der Waals surface area (Å²) in [5.41, 5.74) is 5.06. The largest absolute Gasteiger partial charge is 0.462 e. The van der Waals surface area contributed by atoms with Gasteiger partial charge in [0.05, 0.1) is 0 Å². The fourth-order valence-corrected chi connectivity index (χ4v) is 2.75. The van der Waals surface area contributed by atoms with Crippen molar-refractivity contribution in [1.82, 2.24) is 20.1 Å². The number of hydrogen-bond donors (Lipinski definition) is 4. The van der Waals surface area contributed by atoms with Crippen LogP contribution in [0.3, 0.4) is 0 Å². The minimum atomic E-state index is -1.32. The SMILES string of the molecule is NC(=O)c1ncn([C@@H]2O[C@H](COC(=O)[C@@H]3CCCN3)[C@@H](O)[C@H]2O)n1. The van der Waals surface area contributed by atoms with E-state index in [0.29, 0.717) is 6.42 Å². The summed E-state index contributed by atoms with van der Waals surface area (Å²) in [5.74, 6) is -1.48. The standard InChI is InChI=1S/C13H19N5O6/c14-10(21)11-16-5-18(17-11)12-9(20)8(19)7(24-12)4-23-13(22)6-2-1-3-15-6/h5-9,12,15,19-20H,1-4H2,(H2,14,21)/t6-,7+,8+,9+,12+/m0/s1. The van der Waals surface area contributed by atoms with Gasteiger partial charge in [-0.15, -0.1) is 5.10 Å². The van der Waals surface area contributed by atoms with E-state index >= 15 is 0 Å². The smallest absolute Gasteiger partial charge is 0.323 e. The highest BCUT2D eigenvalue weighted by molar-refractivity contribution is 5.88. The molecule has 1 aromatic rings. The average molecular weight is 341 g/mol. The number of aliphatic hydroxyl groups excluding tert-OH is 2. The summed E-state index contributed by atoms with van der Waals surface area (Å²) in [6, 6.07) is -0.349. The highest BCUT2D eigenvalue weighted by Gasteiger charge is 2.45. The first-order chi connectivity index (χ1) is 11.5. The van der Waals surface area contributed by atoms with Crippen LogP contribution in [0.25, 0.3) is 0 Å². The Kier molecular flexibility index (Phi) is 4.76. The summed E-state index contributed by atoms with van der Waals surface area (Å²) < 4.78 is 11.7. The molecule has 11 heteroatoms. The highest BCUT2D eigenvalue weighted by atomic mass is 16.6. The molecule has 132 valence electrons. The minimum absolute atomic E-state index is 0.205. The number of nitrogens with zero attached hydrogens (tertiary/aromatic N) is 3. The van der Waals surface area contributed by atoms with Crippen LogP contribution in [0.2, 0.25) is 0 Å². The number of carbonyl (C=O) groups is 2. The maximum atomic E-state index is 11.9. The Morgan fingerprint density at radius 1 is 1.46 bits per heavy atom. The first kappa shape index (κ1) is 16.8. The Morgan fingerprint density at radius 3 is 2.88 bits per heavy atom. The molecular formula is C13H19N5O6. The van der Waals surface area contributed by atoms with E-state index in [1.54, 1.807) is 0 Å². The zero-order chi connectivity index (χ0) is 17.3. The second-order valence-corrected chi connectivity index (χ2v) is 5.74. The second kappa shape index (κ2) is 6.81. The van der Waals surface area contributed by atoms with Crippen molar-refractivity contribution in [2.75, 3.05) is 13.2 Å². The van der Waals surface area contributed by atoms with Gasteiger partial charge in [0.2, 0.25) is 5.82 Å². The van der Waals surface area contributed by atoms with Crippen LogP contribution in [0.1, 0.15) is 29.7 Å². The summed E-state index contributed by atoms with van der Waals surface area (Å²) >= 11 is 0. The zero-order valence-corrected chi connectivity index (χ0v) is 12.7. The predicted molar refractivity (Wildman–Crippen MR) is 76.4 cm³/mol. The molecule has 0 radical (unpaired) electrons. The first-order valence-electron chi connectivity index (χ1n) is 7.60. The van der Waals surface area contributed by atoms with Gasteiger partial charge in [-0.05, 0) is 19.4 Å². The van der Waals surface area contributed by atoms with Gasteiger partial charge in [-0.1, -0.05) is 0 Å². The molecule has 24 heavy (non-hydrogen) atoms. The van der Waals surface area contributed by atoms with Crippen LogP contribution in [-0.2, 0) is 14.3 Å². The molecule has 0 bridgehead atoms. The number of nitrogens with two attached hydrogens (primary N) is 1. The number of esters is 1. The molecule has 1 amide bonds.